The summed E-state index contributed by atoms with van der Waals surface area (Å²) < 4.78 is 54.0. The molecule has 2 heterocycles. The van der Waals surface area contributed by atoms with Gasteiger partial charge in [-0.05, 0) is 72.5 Å². The Morgan fingerprint density at radius 3 is 2.45 bits per heavy atom. The number of nitrogens with zero attached hydrogens (tertiary/aromatic N) is 2. The Balaban J connectivity index is 0.00000114. The minimum atomic E-state index is -4.51. The predicted molar refractivity (Wildman–Crippen MR) is 178 cm³/mol. The number of rotatable bonds is 10. The first kappa shape index (κ1) is 37.2. The molecule has 5 rings (SSSR count). The van der Waals surface area contributed by atoms with Gasteiger partial charge in [0.05, 0.1) is 34.1 Å². The summed E-state index contributed by atoms with van der Waals surface area (Å²) in [5, 5.41) is 23.9. The van der Waals surface area contributed by atoms with Gasteiger partial charge in [0, 0.05) is 60.6 Å². The lowest BCUT2D eigenvalue weighted by Crippen LogP contribution is -2.21. The van der Waals surface area contributed by atoms with E-state index in [0.717, 1.165) is 49.0 Å². The molecule has 6 N–H and O–H groups in total. The standard InChI is InChI=1S/C32H31ClF4N4O.CH3NO.CH4O/c1-5-6-19(26-13-23-28(31(23,3)16-42)30(41-26)18-7-8-25(34)24(33)11-18)14-39-17(2)20-9-21-10-22(32(35,36)37)15-40-29(21)27(12-20)38-4;2-1-3;1-2/h7-13,15,19,38-39,42H,2,5-6,14,16H2,1,3-4H3;1H,(H2,2,3);2H,1H3. The van der Waals surface area contributed by atoms with Gasteiger partial charge in [-0.15, -0.1) is 0 Å². The monoisotopic (exact) mass is 675 g/mol. The predicted octanol–water partition coefficient (Wildman–Crippen LogP) is 6.62. The second kappa shape index (κ2) is 15.6. The summed E-state index contributed by atoms with van der Waals surface area (Å²) in [6, 6.07) is 11.0. The fourth-order valence-electron chi connectivity index (χ4n) is 5.47. The van der Waals surface area contributed by atoms with Gasteiger partial charge in [-0.3, -0.25) is 14.8 Å². The molecule has 0 saturated heterocycles. The maximum atomic E-state index is 13.9. The second-order valence-corrected chi connectivity index (χ2v) is 11.4. The number of hydrogen-bond donors (Lipinski definition) is 5. The Hall–Kier alpha value is -4.26. The molecule has 0 saturated carbocycles. The molecule has 0 aliphatic heterocycles. The third-order valence-electron chi connectivity index (χ3n) is 7.98. The van der Waals surface area contributed by atoms with Crippen molar-refractivity contribution in [3.63, 3.8) is 0 Å². The number of benzene rings is 2. The van der Waals surface area contributed by atoms with E-state index < -0.39 is 23.0 Å². The molecule has 1 aliphatic rings. The van der Waals surface area contributed by atoms with Gasteiger partial charge in [0.1, 0.15) is 5.82 Å². The maximum Gasteiger partial charge on any atom is 0.417 e. The number of carbonyl (C=O) groups excluding carboxylic acids is 1. The largest absolute Gasteiger partial charge is 0.417 e. The second-order valence-electron chi connectivity index (χ2n) is 11.0. The number of anilines is 1. The van der Waals surface area contributed by atoms with Crippen LogP contribution in [0.4, 0.5) is 23.2 Å². The van der Waals surface area contributed by atoms with Crippen LogP contribution in [-0.2, 0) is 16.4 Å². The lowest BCUT2D eigenvalue weighted by Gasteiger charge is -2.20. The van der Waals surface area contributed by atoms with Crippen LogP contribution in [0.3, 0.4) is 0 Å². The van der Waals surface area contributed by atoms with Crippen LogP contribution in [0.5, 0.6) is 0 Å². The molecule has 1 aliphatic carbocycles. The summed E-state index contributed by atoms with van der Waals surface area (Å²) >= 11 is 6.09. The number of alkyl halides is 3. The van der Waals surface area contributed by atoms with Crippen molar-refractivity contribution in [2.24, 2.45) is 5.73 Å². The topological polar surface area (TPSA) is 133 Å². The highest BCUT2D eigenvalue weighted by atomic mass is 35.5. The third kappa shape index (κ3) is 8.01. The third-order valence-corrected chi connectivity index (χ3v) is 8.27. The van der Waals surface area contributed by atoms with Crippen LogP contribution in [0.25, 0.3) is 27.9 Å². The number of hydrogen-bond acceptors (Lipinski definition) is 7. The number of pyridine rings is 2. The molecule has 0 fully saturated rings. The zero-order valence-electron chi connectivity index (χ0n) is 26.5. The van der Waals surface area contributed by atoms with Crippen molar-refractivity contribution in [1.29, 1.82) is 0 Å². The van der Waals surface area contributed by atoms with Crippen LogP contribution in [-0.4, -0.2) is 53.9 Å². The first-order chi connectivity index (χ1) is 22.3. The van der Waals surface area contributed by atoms with E-state index in [1.165, 1.54) is 6.07 Å². The number of aliphatic hydroxyl groups is 2. The lowest BCUT2D eigenvalue weighted by molar-refractivity contribution is -0.137. The number of amides is 1. The molecule has 1 amide bonds. The molecule has 4 aromatic rings. The van der Waals surface area contributed by atoms with Gasteiger partial charge in [0.25, 0.3) is 0 Å². The van der Waals surface area contributed by atoms with Crippen LogP contribution >= 0.6 is 11.6 Å². The minimum absolute atomic E-state index is 0.00300. The Bertz CT molecular complexity index is 1750. The van der Waals surface area contributed by atoms with Crippen molar-refractivity contribution >= 4 is 40.3 Å². The van der Waals surface area contributed by atoms with E-state index in [0.29, 0.717) is 45.7 Å². The van der Waals surface area contributed by atoms with Crippen LogP contribution in [0.2, 0.25) is 5.02 Å². The fraction of sp³-hybridized carbons (Fsp3) is 0.324. The zero-order valence-corrected chi connectivity index (χ0v) is 27.2. The smallest absolute Gasteiger partial charge is 0.400 e. The number of carbonyl (C=O) groups is 1. The fourth-order valence-corrected chi connectivity index (χ4v) is 5.65. The molecule has 2 aromatic heterocycles. The molecule has 47 heavy (non-hydrogen) atoms. The quantitative estimate of drug-likeness (QED) is 0.0943. The molecule has 2 aromatic carbocycles. The molecule has 252 valence electrons. The van der Waals surface area contributed by atoms with E-state index in [4.69, 9.17) is 26.5 Å². The number of aliphatic hydroxyl groups excluding tert-OH is 2. The Morgan fingerprint density at radius 1 is 1.19 bits per heavy atom. The van der Waals surface area contributed by atoms with Gasteiger partial charge >= 0.3 is 6.18 Å². The van der Waals surface area contributed by atoms with E-state index in [-0.39, 0.29) is 24.0 Å². The molecule has 8 nitrogen and oxygen atoms in total. The number of nitrogens with one attached hydrogen (secondary N) is 2. The van der Waals surface area contributed by atoms with Crippen molar-refractivity contribution in [1.82, 2.24) is 15.3 Å². The van der Waals surface area contributed by atoms with Gasteiger partial charge < -0.3 is 26.6 Å². The number of fused-ring (bicyclic) bond motifs is 2. The first-order valence-electron chi connectivity index (χ1n) is 14.7. The summed E-state index contributed by atoms with van der Waals surface area (Å²) in [4.78, 5) is 17.6. The SMILES string of the molecule is C=C(NCC(CCC)c1cc2c(c(-c3ccc(F)c(Cl)c3)n1)C2(C)CO)c1cc(NC)c2ncc(C(F)(F)F)cc2c1.CO.NC=O. The van der Waals surface area contributed by atoms with Crippen LogP contribution in [0.15, 0.2) is 55.2 Å². The highest BCUT2D eigenvalue weighted by Gasteiger charge is 2.49. The summed E-state index contributed by atoms with van der Waals surface area (Å²) in [5.41, 5.74) is 9.08. The van der Waals surface area contributed by atoms with E-state index in [1.807, 2.05) is 13.0 Å². The zero-order chi connectivity index (χ0) is 35.1. The Kier molecular flexibility index (Phi) is 12.3. The number of halogens is 5. The van der Waals surface area contributed by atoms with Crippen molar-refractivity contribution in [3.8, 4) is 11.3 Å². The van der Waals surface area contributed by atoms with Crippen molar-refractivity contribution in [3.05, 3.63) is 94.0 Å². The summed E-state index contributed by atoms with van der Waals surface area (Å²) in [5.74, 6) is -0.562. The van der Waals surface area contributed by atoms with Gasteiger partial charge in [0.2, 0.25) is 6.41 Å². The molecular formula is C34H38ClF4N5O3. The molecule has 0 bridgehead atoms. The van der Waals surface area contributed by atoms with Crippen LogP contribution in [0, 0.1) is 5.82 Å². The maximum absolute atomic E-state index is 13.9. The summed E-state index contributed by atoms with van der Waals surface area (Å²) in [7, 11) is 2.69. The molecule has 13 heteroatoms. The number of primary amides is 1. The molecule has 0 spiro atoms. The van der Waals surface area contributed by atoms with Gasteiger partial charge in [-0.25, -0.2) is 4.39 Å². The van der Waals surface area contributed by atoms with Crippen LogP contribution < -0.4 is 16.4 Å². The number of nitrogens with two attached hydrogens (primary N) is 1. The molecular weight excluding hydrogens is 638 g/mol. The lowest BCUT2D eigenvalue weighted by atomic mass is 9.97. The average molecular weight is 676 g/mol. The van der Waals surface area contributed by atoms with E-state index in [9.17, 15) is 22.7 Å². The van der Waals surface area contributed by atoms with Crippen molar-refractivity contribution in [2.75, 3.05) is 32.6 Å². The van der Waals surface area contributed by atoms with E-state index in [2.05, 4.69) is 34.9 Å². The first-order valence-corrected chi connectivity index (χ1v) is 15.0. The van der Waals surface area contributed by atoms with E-state index >= 15 is 0 Å². The van der Waals surface area contributed by atoms with Gasteiger partial charge in [0.15, 0.2) is 0 Å². The van der Waals surface area contributed by atoms with Gasteiger partial charge in [-0.2, -0.15) is 13.2 Å². The number of aromatic nitrogens is 2. The van der Waals surface area contributed by atoms with E-state index in [1.54, 1.807) is 31.3 Å². The highest BCUT2D eigenvalue weighted by Crippen LogP contribution is 2.54. The normalized spacial score (nSPS) is 15.3. The van der Waals surface area contributed by atoms with Crippen molar-refractivity contribution in [2.45, 2.75) is 44.2 Å². The Labute approximate surface area is 275 Å². The summed E-state index contributed by atoms with van der Waals surface area (Å²) in [6.07, 6.45) is -1.75. The van der Waals surface area contributed by atoms with Crippen molar-refractivity contribution < 1.29 is 32.6 Å². The molecule has 2 unspecified atom stereocenters. The molecule has 0 radical (unpaired) electrons. The summed E-state index contributed by atoms with van der Waals surface area (Å²) in [6.45, 7) is 8.57. The molecule has 2 atom stereocenters. The highest BCUT2D eigenvalue weighted by molar-refractivity contribution is 6.31. The minimum Gasteiger partial charge on any atom is -0.400 e. The average Bonchev–Trinajstić information content (AvgIpc) is 3.67. The Morgan fingerprint density at radius 2 is 1.87 bits per heavy atom. The van der Waals surface area contributed by atoms with Crippen LogP contribution in [0.1, 0.15) is 60.6 Å². The van der Waals surface area contributed by atoms with Gasteiger partial charge in [-0.1, -0.05) is 31.5 Å².